The quantitative estimate of drug-likeness (QED) is 0.379. The predicted octanol–water partition coefficient (Wildman–Crippen LogP) is 1.43. The molecular weight excluding hydrogens is 196 g/mol. The Balaban J connectivity index is 3.48. The Bertz CT molecular complexity index is 250. The van der Waals surface area contributed by atoms with Gasteiger partial charge in [0.15, 0.2) is 0 Å². The van der Waals surface area contributed by atoms with Crippen molar-refractivity contribution >= 4 is 11.9 Å². The third kappa shape index (κ3) is 6.49. The largest absolute Gasteiger partial charge is 0.462 e. The molecule has 0 aliphatic carbocycles. The summed E-state index contributed by atoms with van der Waals surface area (Å²) in [5.41, 5.74) is 0.671. The van der Waals surface area contributed by atoms with Crippen LogP contribution >= 0.6 is 0 Å². The fraction of sp³-hybridized carbons (Fsp3) is 0.364. The van der Waals surface area contributed by atoms with E-state index in [0.29, 0.717) is 11.1 Å². The third-order valence-electron chi connectivity index (χ3n) is 1.36. The van der Waals surface area contributed by atoms with Gasteiger partial charge in [-0.25, -0.2) is 9.59 Å². The van der Waals surface area contributed by atoms with E-state index in [1.807, 2.05) is 0 Å². The summed E-state index contributed by atoms with van der Waals surface area (Å²) < 4.78 is 9.48. The Morgan fingerprint density at radius 3 is 1.60 bits per heavy atom. The normalized spacial score (nSPS) is 9.20. The second kappa shape index (κ2) is 6.81. The molecule has 0 aromatic heterocycles. The lowest BCUT2D eigenvalue weighted by atomic mass is 10.3. The minimum atomic E-state index is -0.461. The fourth-order valence-electron chi connectivity index (χ4n) is 0.564. The first kappa shape index (κ1) is 13.4. The molecule has 0 rings (SSSR count). The summed E-state index contributed by atoms with van der Waals surface area (Å²) in [4.78, 5) is 21.8. The molecule has 0 heterocycles. The van der Waals surface area contributed by atoms with Gasteiger partial charge in [0, 0.05) is 17.6 Å². The molecule has 0 atom stereocenters. The maximum atomic E-state index is 10.9. The Morgan fingerprint density at radius 2 is 1.33 bits per heavy atom. The van der Waals surface area contributed by atoms with Crippen LogP contribution in [0.4, 0.5) is 0 Å². The molecule has 0 aliphatic heterocycles. The van der Waals surface area contributed by atoms with Crippen LogP contribution in [0.2, 0.25) is 0 Å². The van der Waals surface area contributed by atoms with E-state index in [1.165, 1.54) is 6.42 Å². The number of esters is 2. The molecule has 0 unspecified atom stereocenters. The first-order chi connectivity index (χ1) is 6.95. The molecule has 15 heavy (non-hydrogen) atoms. The summed E-state index contributed by atoms with van der Waals surface area (Å²) in [5.74, 6) is -0.921. The van der Waals surface area contributed by atoms with Gasteiger partial charge in [0.2, 0.25) is 0 Å². The van der Waals surface area contributed by atoms with Gasteiger partial charge in [0.05, 0.1) is 13.2 Å². The molecule has 0 amide bonds. The molecule has 83 valence electrons. The van der Waals surface area contributed by atoms with E-state index in [1.54, 1.807) is 13.8 Å². The average Bonchev–Trinajstić information content (AvgIpc) is 2.16. The van der Waals surface area contributed by atoms with Crippen LogP contribution in [0.25, 0.3) is 0 Å². The Hall–Kier alpha value is -1.58. The molecular formula is C11H15O4. The summed E-state index contributed by atoms with van der Waals surface area (Å²) in [6.07, 6.45) is 1.53. The van der Waals surface area contributed by atoms with Gasteiger partial charge in [0.25, 0.3) is 0 Å². The molecule has 4 heteroatoms. The van der Waals surface area contributed by atoms with Crippen molar-refractivity contribution in [1.29, 1.82) is 0 Å². The van der Waals surface area contributed by atoms with Gasteiger partial charge in [-0.3, -0.25) is 0 Å². The lowest BCUT2D eigenvalue weighted by Crippen LogP contribution is -2.11. The standard InChI is InChI=1S/C11H15O4/c1-8(2)10(12)14-6-5-7-15-11(13)9(3)4/h5H,1,3,6-7H2,2,4H3. The molecule has 0 aromatic rings. The molecule has 0 spiro atoms. The van der Waals surface area contributed by atoms with Gasteiger partial charge in [-0.2, -0.15) is 0 Å². The van der Waals surface area contributed by atoms with Gasteiger partial charge in [0.1, 0.15) is 0 Å². The minimum absolute atomic E-state index is 0.0924. The molecule has 0 saturated heterocycles. The third-order valence-corrected chi connectivity index (χ3v) is 1.36. The van der Waals surface area contributed by atoms with Crippen molar-refractivity contribution in [2.45, 2.75) is 13.8 Å². The van der Waals surface area contributed by atoms with E-state index in [-0.39, 0.29) is 13.2 Å². The molecule has 1 radical (unpaired) electrons. The van der Waals surface area contributed by atoms with E-state index in [9.17, 15) is 9.59 Å². The van der Waals surface area contributed by atoms with Crippen molar-refractivity contribution in [2.75, 3.05) is 13.2 Å². The second-order valence-corrected chi connectivity index (χ2v) is 3.05. The van der Waals surface area contributed by atoms with Gasteiger partial charge in [-0.15, -0.1) is 0 Å². The average molecular weight is 211 g/mol. The Labute approximate surface area is 89.6 Å². The Kier molecular flexibility index (Phi) is 6.09. The number of hydrogen-bond donors (Lipinski definition) is 0. The highest BCUT2D eigenvalue weighted by Crippen LogP contribution is 1.95. The van der Waals surface area contributed by atoms with E-state index in [2.05, 4.69) is 13.2 Å². The van der Waals surface area contributed by atoms with E-state index in [0.717, 1.165) is 0 Å². The lowest BCUT2D eigenvalue weighted by Gasteiger charge is -2.05. The number of rotatable bonds is 6. The molecule has 0 fully saturated rings. The summed E-state index contributed by atoms with van der Waals surface area (Å²) in [6.45, 7) is 10.1. The summed E-state index contributed by atoms with van der Waals surface area (Å²) >= 11 is 0. The van der Waals surface area contributed by atoms with Crippen LogP contribution in [0.15, 0.2) is 24.3 Å². The first-order valence-corrected chi connectivity index (χ1v) is 4.42. The minimum Gasteiger partial charge on any atom is -0.462 e. The van der Waals surface area contributed by atoms with Crippen molar-refractivity contribution in [3.05, 3.63) is 30.7 Å². The van der Waals surface area contributed by atoms with Crippen molar-refractivity contribution in [2.24, 2.45) is 0 Å². The van der Waals surface area contributed by atoms with Crippen LogP contribution in [0.3, 0.4) is 0 Å². The predicted molar refractivity (Wildman–Crippen MR) is 55.8 cm³/mol. The SMILES string of the molecule is C=C(C)C(=O)OC[CH]COC(=O)C(=C)C. The van der Waals surface area contributed by atoms with Crippen LogP contribution in [-0.4, -0.2) is 25.2 Å². The maximum Gasteiger partial charge on any atom is 0.333 e. The monoisotopic (exact) mass is 211 g/mol. The molecule has 0 saturated carbocycles. The number of ether oxygens (including phenoxy) is 2. The van der Waals surface area contributed by atoms with Gasteiger partial charge >= 0.3 is 11.9 Å². The second-order valence-electron chi connectivity index (χ2n) is 3.05. The summed E-state index contributed by atoms with van der Waals surface area (Å²) in [6, 6.07) is 0. The van der Waals surface area contributed by atoms with Gasteiger partial charge in [-0.1, -0.05) is 13.2 Å². The van der Waals surface area contributed by atoms with Gasteiger partial charge < -0.3 is 9.47 Å². The molecule has 0 bridgehead atoms. The van der Waals surface area contributed by atoms with Crippen LogP contribution in [0.5, 0.6) is 0 Å². The highest BCUT2D eigenvalue weighted by molar-refractivity contribution is 5.87. The van der Waals surface area contributed by atoms with Crippen LogP contribution in [0.1, 0.15) is 13.8 Å². The Morgan fingerprint density at radius 1 is 1.00 bits per heavy atom. The van der Waals surface area contributed by atoms with E-state index >= 15 is 0 Å². The number of hydrogen-bond acceptors (Lipinski definition) is 4. The van der Waals surface area contributed by atoms with Crippen LogP contribution < -0.4 is 0 Å². The van der Waals surface area contributed by atoms with Crippen molar-refractivity contribution in [3.63, 3.8) is 0 Å². The summed E-state index contributed by atoms with van der Waals surface area (Å²) in [5, 5.41) is 0. The first-order valence-electron chi connectivity index (χ1n) is 4.42. The zero-order valence-electron chi connectivity index (χ0n) is 9.04. The zero-order chi connectivity index (χ0) is 11.8. The molecule has 0 aromatic carbocycles. The summed E-state index contributed by atoms with van der Waals surface area (Å²) in [7, 11) is 0. The van der Waals surface area contributed by atoms with Crippen molar-refractivity contribution in [1.82, 2.24) is 0 Å². The highest BCUT2D eigenvalue weighted by atomic mass is 16.5. The van der Waals surface area contributed by atoms with Crippen LogP contribution in [0, 0.1) is 6.42 Å². The van der Waals surface area contributed by atoms with Gasteiger partial charge in [-0.05, 0) is 13.8 Å². The number of carbonyl (C=O) groups excluding carboxylic acids is 2. The topological polar surface area (TPSA) is 52.6 Å². The fourth-order valence-corrected chi connectivity index (χ4v) is 0.564. The lowest BCUT2D eigenvalue weighted by molar-refractivity contribution is -0.139. The highest BCUT2D eigenvalue weighted by Gasteiger charge is 2.04. The number of carbonyl (C=O) groups is 2. The van der Waals surface area contributed by atoms with Crippen molar-refractivity contribution < 1.29 is 19.1 Å². The van der Waals surface area contributed by atoms with E-state index < -0.39 is 11.9 Å². The zero-order valence-corrected chi connectivity index (χ0v) is 9.04. The molecule has 0 aliphatic rings. The smallest absolute Gasteiger partial charge is 0.333 e. The maximum absolute atomic E-state index is 10.9. The molecule has 4 nitrogen and oxygen atoms in total. The van der Waals surface area contributed by atoms with Crippen LogP contribution in [-0.2, 0) is 19.1 Å². The van der Waals surface area contributed by atoms with E-state index in [4.69, 9.17) is 9.47 Å². The van der Waals surface area contributed by atoms with Crippen molar-refractivity contribution in [3.8, 4) is 0 Å². The molecule has 0 N–H and O–H groups in total.